The first kappa shape index (κ1) is 24.5. The zero-order valence-electron chi connectivity index (χ0n) is 20.1. The van der Waals surface area contributed by atoms with E-state index in [-0.39, 0.29) is 18.0 Å². The number of aliphatic imine (C=N–C) groups is 1. The fourth-order valence-corrected chi connectivity index (χ4v) is 7.31. The fourth-order valence-electron chi connectivity index (χ4n) is 4.65. The molecule has 4 rings (SSSR count). The first-order chi connectivity index (χ1) is 15.6. The molecule has 0 aliphatic carbocycles. The highest BCUT2D eigenvalue weighted by molar-refractivity contribution is 7.94. The Kier molecular flexibility index (Phi) is 5.53. The lowest BCUT2D eigenvalue weighted by Gasteiger charge is -2.44. The van der Waals surface area contributed by atoms with Crippen LogP contribution < -0.4 is 15.8 Å². The predicted octanol–water partition coefficient (Wildman–Crippen LogP) is 4.00. The number of sulfone groups is 1. The van der Waals surface area contributed by atoms with Gasteiger partial charge < -0.3 is 15.8 Å². The number of anilines is 1. The van der Waals surface area contributed by atoms with Crippen LogP contribution in [0, 0.1) is 6.92 Å². The Hall–Kier alpha value is -2.65. The predicted molar refractivity (Wildman–Crippen MR) is 133 cm³/mol. The Labute approximate surface area is 204 Å². The lowest BCUT2D eigenvalue weighted by atomic mass is 9.84. The van der Waals surface area contributed by atoms with Gasteiger partial charge in [-0.1, -0.05) is 11.6 Å². The number of fused-ring (bicyclic) bond motifs is 3. The number of halogens is 1. The molecule has 0 bridgehead atoms. The van der Waals surface area contributed by atoms with Crippen molar-refractivity contribution in [3.05, 3.63) is 52.3 Å². The van der Waals surface area contributed by atoms with Gasteiger partial charge in [-0.05, 0) is 71.4 Å². The van der Waals surface area contributed by atoms with E-state index < -0.39 is 36.9 Å². The Bertz CT molecular complexity index is 1340. The molecule has 10 heteroatoms. The Morgan fingerprint density at radius 1 is 1.21 bits per heavy atom. The van der Waals surface area contributed by atoms with Crippen molar-refractivity contribution in [1.82, 2.24) is 4.98 Å². The van der Waals surface area contributed by atoms with Gasteiger partial charge in [-0.15, -0.1) is 0 Å². The van der Waals surface area contributed by atoms with E-state index >= 15 is 0 Å². The van der Waals surface area contributed by atoms with Crippen LogP contribution in [-0.4, -0.2) is 40.7 Å². The molecule has 3 N–H and O–H groups in total. The zero-order valence-corrected chi connectivity index (χ0v) is 21.6. The molecule has 0 saturated heterocycles. The van der Waals surface area contributed by atoms with Gasteiger partial charge in [-0.2, -0.15) is 0 Å². The summed E-state index contributed by atoms with van der Waals surface area (Å²) in [4.78, 5) is 21.8. The summed E-state index contributed by atoms with van der Waals surface area (Å²) in [5, 5.41) is 2.41. The summed E-state index contributed by atoms with van der Waals surface area (Å²) < 4.78 is 32.4. The monoisotopic (exact) mass is 504 g/mol. The molecule has 1 aromatic heterocycles. The Morgan fingerprint density at radius 2 is 1.88 bits per heavy atom. The van der Waals surface area contributed by atoms with Crippen LogP contribution in [0.25, 0.3) is 0 Å². The number of carbonyl (C=O) groups is 1. The molecule has 0 radical (unpaired) electrons. The van der Waals surface area contributed by atoms with Gasteiger partial charge in [-0.3, -0.25) is 9.79 Å². The molecule has 0 unspecified atom stereocenters. The molecule has 1 amide bonds. The van der Waals surface area contributed by atoms with Gasteiger partial charge in [0.1, 0.15) is 33.2 Å². The quantitative estimate of drug-likeness (QED) is 0.636. The molecule has 2 atom stereocenters. The van der Waals surface area contributed by atoms with Crippen LogP contribution in [0.3, 0.4) is 0 Å². The molecule has 8 nitrogen and oxygen atoms in total. The average Bonchev–Trinajstić information content (AvgIpc) is 2.79. The number of amidine groups is 1. The second-order valence-electron chi connectivity index (χ2n) is 10.2. The number of nitrogens with one attached hydrogen (secondary N) is 1. The highest BCUT2D eigenvalue weighted by Gasteiger charge is 2.59. The molecule has 0 saturated carbocycles. The Balaban J connectivity index is 1.84. The first-order valence-corrected chi connectivity index (χ1v) is 12.9. The van der Waals surface area contributed by atoms with E-state index in [1.807, 2.05) is 13.8 Å². The fraction of sp³-hybridized carbons (Fsp3) is 0.458. The van der Waals surface area contributed by atoms with Gasteiger partial charge in [0, 0.05) is 23.9 Å². The molecule has 1 aromatic carbocycles. The van der Waals surface area contributed by atoms with E-state index in [1.165, 1.54) is 6.20 Å². The number of pyridine rings is 1. The van der Waals surface area contributed by atoms with Crippen molar-refractivity contribution in [2.24, 2.45) is 10.7 Å². The zero-order chi connectivity index (χ0) is 25.3. The summed E-state index contributed by atoms with van der Waals surface area (Å²) in [6.45, 7) is 10.4. The van der Waals surface area contributed by atoms with Gasteiger partial charge in [0.2, 0.25) is 0 Å². The number of ether oxygens (including phenoxy) is 1. The summed E-state index contributed by atoms with van der Waals surface area (Å²) >= 11 is 5.96. The van der Waals surface area contributed by atoms with Gasteiger partial charge in [0.05, 0.1) is 10.3 Å². The van der Waals surface area contributed by atoms with Crippen molar-refractivity contribution in [1.29, 1.82) is 0 Å². The van der Waals surface area contributed by atoms with Crippen LogP contribution in [-0.2, 0) is 15.4 Å². The smallest absolute Gasteiger partial charge is 0.274 e. The minimum atomic E-state index is -3.74. The van der Waals surface area contributed by atoms with Crippen LogP contribution in [0.1, 0.15) is 62.7 Å². The number of nitrogens with zero attached hydrogens (tertiary/aromatic N) is 2. The maximum Gasteiger partial charge on any atom is 0.274 e. The van der Waals surface area contributed by atoms with Crippen molar-refractivity contribution in [2.75, 3.05) is 5.32 Å². The van der Waals surface area contributed by atoms with Gasteiger partial charge in [-0.25, -0.2) is 13.4 Å². The third-order valence-corrected chi connectivity index (χ3v) is 10.0. The van der Waals surface area contributed by atoms with E-state index in [9.17, 15) is 13.2 Å². The molecule has 2 aromatic rings. The van der Waals surface area contributed by atoms with Crippen molar-refractivity contribution >= 4 is 38.9 Å². The number of rotatable bonds is 2. The highest BCUT2D eigenvalue weighted by atomic mass is 35.5. The summed E-state index contributed by atoms with van der Waals surface area (Å²) in [5.74, 6) is 0.138. The summed E-state index contributed by atoms with van der Waals surface area (Å²) in [7, 11) is -3.74. The molecule has 2 aliphatic heterocycles. The number of carbonyl (C=O) groups excluding carboxylic acids is 1. The van der Waals surface area contributed by atoms with Gasteiger partial charge >= 0.3 is 0 Å². The largest absolute Gasteiger partial charge is 0.487 e. The minimum Gasteiger partial charge on any atom is -0.487 e. The van der Waals surface area contributed by atoms with E-state index in [1.54, 1.807) is 52.0 Å². The van der Waals surface area contributed by atoms with Crippen molar-refractivity contribution in [3.63, 3.8) is 0 Å². The van der Waals surface area contributed by atoms with Crippen LogP contribution in [0.4, 0.5) is 5.69 Å². The van der Waals surface area contributed by atoms with Crippen LogP contribution >= 0.6 is 11.6 Å². The molecular formula is C24H29ClN4O4S. The minimum absolute atomic E-state index is 0.0485. The molecule has 0 spiro atoms. The topological polar surface area (TPSA) is 124 Å². The number of amides is 1. The summed E-state index contributed by atoms with van der Waals surface area (Å²) in [6, 6.07) is 6.79. The van der Waals surface area contributed by atoms with E-state index in [0.717, 1.165) is 0 Å². The molecular weight excluding hydrogens is 476 g/mol. The molecule has 0 fully saturated rings. The number of nitrogens with two attached hydrogens (primary N) is 1. The molecule has 34 heavy (non-hydrogen) atoms. The van der Waals surface area contributed by atoms with Gasteiger partial charge in [0.25, 0.3) is 5.91 Å². The Morgan fingerprint density at radius 3 is 2.53 bits per heavy atom. The van der Waals surface area contributed by atoms with Crippen molar-refractivity contribution in [3.8, 4) is 5.75 Å². The van der Waals surface area contributed by atoms with Crippen LogP contribution in [0.5, 0.6) is 5.75 Å². The van der Waals surface area contributed by atoms with Crippen molar-refractivity contribution in [2.45, 2.75) is 69.1 Å². The molecule has 3 heterocycles. The summed E-state index contributed by atoms with van der Waals surface area (Å²) in [6.07, 6.45) is 1.64. The number of benzene rings is 1. The average molecular weight is 505 g/mol. The van der Waals surface area contributed by atoms with Crippen LogP contribution in [0.15, 0.2) is 35.5 Å². The third-order valence-electron chi connectivity index (χ3n) is 6.79. The maximum atomic E-state index is 13.7. The standard InChI is InChI=1S/C24H29ClN4O4S/c1-13-9-14(25)12-27-19(13)20(30)28-15-7-8-17-16(10-15)24(6)18(11-22(2,3)33-17)34(31,32)23(4,5)21(26)29-24/h7-10,12,18H,11H2,1-6H3,(H2,26,29)(H,28,30)/t18-,24-/m1/s1. The number of aromatic nitrogens is 1. The SMILES string of the molecule is Cc1cc(Cl)cnc1C(=O)Nc1ccc2c(c1)[C@@]1(C)N=C(N)C(C)(C)S(=O)(=O)[C@@H]1CC(C)(C)O2. The molecule has 2 aliphatic rings. The van der Waals surface area contributed by atoms with E-state index in [2.05, 4.69) is 10.3 Å². The number of aryl methyl sites for hydroxylation is 1. The van der Waals surface area contributed by atoms with E-state index in [4.69, 9.17) is 27.1 Å². The first-order valence-electron chi connectivity index (χ1n) is 10.9. The second-order valence-corrected chi connectivity index (χ2v) is 13.4. The van der Waals surface area contributed by atoms with Gasteiger partial charge in [0.15, 0.2) is 9.84 Å². The third kappa shape index (κ3) is 3.75. The highest BCUT2D eigenvalue weighted by Crippen LogP contribution is 2.51. The summed E-state index contributed by atoms with van der Waals surface area (Å²) in [5.41, 5.74) is 6.13. The second kappa shape index (κ2) is 7.68. The lowest BCUT2D eigenvalue weighted by molar-refractivity contribution is 0.101. The van der Waals surface area contributed by atoms with Crippen LogP contribution in [0.2, 0.25) is 5.02 Å². The normalized spacial score (nSPS) is 26.2. The molecule has 182 valence electrons. The maximum absolute atomic E-state index is 13.7. The van der Waals surface area contributed by atoms with E-state index in [0.29, 0.717) is 27.6 Å². The van der Waals surface area contributed by atoms with Crippen molar-refractivity contribution < 1.29 is 17.9 Å². The number of hydrogen-bond acceptors (Lipinski definition) is 7. The number of hydrogen-bond donors (Lipinski definition) is 2. The lowest BCUT2D eigenvalue weighted by Crippen LogP contribution is -2.60.